The second-order valence-electron chi connectivity index (χ2n) is 5.24. The van der Waals surface area contributed by atoms with E-state index in [0.29, 0.717) is 31.5 Å². The first-order valence-electron chi connectivity index (χ1n) is 7.51. The number of hydrogen-bond donors (Lipinski definition) is 2. The number of hydrazone groups is 1. The third-order valence-corrected chi connectivity index (χ3v) is 5.10. The largest absolute Gasteiger partial charge is 0.379 e. The summed E-state index contributed by atoms with van der Waals surface area (Å²) in [4.78, 5) is 2.32. The van der Waals surface area contributed by atoms with Crippen LogP contribution in [0.1, 0.15) is 12.5 Å². The van der Waals surface area contributed by atoms with Crippen LogP contribution in [0, 0.1) is 0 Å². The summed E-state index contributed by atoms with van der Waals surface area (Å²) in [5.41, 5.74) is 4.18. The summed E-state index contributed by atoms with van der Waals surface area (Å²) in [5.74, 6) is 0. The number of nitrogens with zero attached hydrogens (tertiary/aromatic N) is 2. The van der Waals surface area contributed by atoms with Crippen molar-refractivity contribution in [3.05, 3.63) is 32.8 Å². The van der Waals surface area contributed by atoms with Gasteiger partial charge in [-0.2, -0.15) is 5.10 Å². The van der Waals surface area contributed by atoms with Gasteiger partial charge in [-0.25, -0.2) is 0 Å². The molecule has 2 N–H and O–H groups in total. The zero-order valence-electron chi connectivity index (χ0n) is 13.2. The van der Waals surface area contributed by atoms with Crippen molar-refractivity contribution < 1.29 is 4.74 Å². The maximum atomic E-state index is 6.19. The van der Waals surface area contributed by atoms with E-state index in [1.54, 1.807) is 12.1 Å². The van der Waals surface area contributed by atoms with Crippen LogP contribution in [-0.2, 0) is 4.74 Å². The first-order valence-corrected chi connectivity index (χ1v) is 9.05. The minimum Gasteiger partial charge on any atom is -0.379 e. The Labute approximate surface area is 162 Å². The standard InChI is InChI=1S/C15H19Cl3N4OS/c1-10(11-2-3-12(16)14(18)13(11)17)20-21-15(24)19-4-5-22-6-8-23-9-7-22/h2-3H,4-9H2,1H3,(H2,19,21,24)/b20-10+. The Kier molecular flexibility index (Phi) is 8.00. The van der Waals surface area contributed by atoms with Gasteiger partial charge in [-0.15, -0.1) is 0 Å². The van der Waals surface area contributed by atoms with Crippen molar-refractivity contribution in [2.45, 2.75) is 6.92 Å². The van der Waals surface area contributed by atoms with Crippen LogP contribution >= 0.6 is 47.0 Å². The minimum absolute atomic E-state index is 0.316. The summed E-state index contributed by atoms with van der Waals surface area (Å²) in [7, 11) is 0. The molecule has 1 aromatic rings. The number of benzene rings is 1. The van der Waals surface area contributed by atoms with Gasteiger partial charge in [0.05, 0.1) is 34.0 Å². The van der Waals surface area contributed by atoms with Gasteiger partial charge in [-0.05, 0) is 25.2 Å². The average molecular weight is 410 g/mol. The Hall–Kier alpha value is -0.630. The number of morpholine rings is 1. The van der Waals surface area contributed by atoms with Gasteiger partial charge in [0.2, 0.25) is 0 Å². The molecule has 0 atom stereocenters. The SMILES string of the molecule is C/C(=N\NC(=S)NCCN1CCOCC1)c1ccc(Cl)c(Cl)c1Cl. The first-order chi connectivity index (χ1) is 11.5. The molecule has 132 valence electrons. The van der Waals surface area contributed by atoms with Gasteiger partial charge in [0.1, 0.15) is 0 Å². The molecule has 0 aromatic heterocycles. The highest BCUT2D eigenvalue weighted by atomic mass is 35.5. The highest BCUT2D eigenvalue weighted by molar-refractivity contribution is 7.80. The van der Waals surface area contributed by atoms with Crippen molar-refractivity contribution in [2.24, 2.45) is 5.10 Å². The number of halogens is 3. The molecule has 1 heterocycles. The van der Waals surface area contributed by atoms with Gasteiger partial charge in [-0.3, -0.25) is 10.3 Å². The minimum atomic E-state index is 0.316. The Morgan fingerprint density at radius 3 is 2.67 bits per heavy atom. The molecular weight excluding hydrogens is 391 g/mol. The van der Waals surface area contributed by atoms with E-state index in [-0.39, 0.29) is 0 Å². The second-order valence-corrected chi connectivity index (χ2v) is 6.81. The maximum Gasteiger partial charge on any atom is 0.187 e. The van der Waals surface area contributed by atoms with E-state index in [0.717, 1.165) is 39.4 Å². The number of rotatable bonds is 5. The number of thiocarbonyl (C=S) groups is 1. The summed E-state index contributed by atoms with van der Waals surface area (Å²) in [6.07, 6.45) is 0. The zero-order chi connectivity index (χ0) is 17.5. The van der Waals surface area contributed by atoms with Gasteiger partial charge in [0, 0.05) is 31.7 Å². The predicted octanol–water partition coefficient (Wildman–Crippen LogP) is 3.17. The van der Waals surface area contributed by atoms with E-state index in [1.165, 1.54) is 0 Å². The topological polar surface area (TPSA) is 48.9 Å². The average Bonchev–Trinajstić information content (AvgIpc) is 2.59. The van der Waals surface area contributed by atoms with Crippen LogP contribution in [-0.4, -0.2) is 55.1 Å². The molecule has 0 amide bonds. The molecule has 1 saturated heterocycles. The predicted molar refractivity (Wildman–Crippen MR) is 105 cm³/mol. The molecule has 0 saturated carbocycles. The molecule has 0 spiro atoms. The highest BCUT2D eigenvalue weighted by Crippen LogP contribution is 2.32. The van der Waals surface area contributed by atoms with Gasteiger partial charge < -0.3 is 10.1 Å². The fourth-order valence-electron chi connectivity index (χ4n) is 2.19. The lowest BCUT2D eigenvalue weighted by atomic mass is 10.1. The van der Waals surface area contributed by atoms with E-state index in [2.05, 4.69) is 20.7 Å². The quantitative estimate of drug-likeness (QED) is 0.338. The Morgan fingerprint density at radius 1 is 1.25 bits per heavy atom. The van der Waals surface area contributed by atoms with Crippen LogP contribution in [0.15, 0.2) is 17.2 Å². The summed E-state index contributed by atoms with van der Waals surface area (Å²) < 4.78 is 5.31. The van der Waals surface area contributed by atoms with E-state index >= 15 is 0 Å². The van der Waals surface area contributed by atoms with Gasteiger partial charge in [0.25, 0.3) is 0 Å². The van der Waals surface area contributed by atoms with Crippen molar-refractivity contribution in [1.82, 2.24) is 15.6 Å². The molecule has 1 aliphatic rings. The van der Waals surface area contributed by atoms with Crippen molar-refractivity contribution >= 4 is 57.8 Å². The summed E-state index contributed by atoms with van der Waals surface area (Å²) in [5, 5.41) is 8.91. The molecule has 1 fully saturated rings. The number of hydrogen-bond acceptors (Lipinski definition) is 4. The lowest BCUT2D eigenvalue weighted by molar-refractivity contribution is 0.0389. The van der Waals surface area contributed by atoms with Gasteiger partial charge in [0.15, 0.2) is 5.11 Å². The number of ether oxygens (including phenoxy) is 1. The van der Waals surface area contributed by atoms with E-state index in [4.69, 9.17) is 51.8 Å². The molecule has 1 aromatic carbocycles. The van der Waals surface area contributed by atoms with Crippen molar-refractivity contribution in [3.63, 3.8) is 0 Å². The molecule has 5 nitrogen and oxygen atoms in total. The molecule has 0 aliphatic carbocycles. The van der Waals surface area contributed by atoms with Crippen LogP contribution in [0.3, 0.4) is 0 Å². The van der Waals surface area contributed by atoms with Gasteiger partial charge in [-0.1, -0.05) is 40.9 Å². The van der Waals surface area contributed by atoms with E-state index in [9.17, 15) is 0 Å². The van der Waals surface area contributed by atoms with E-state index in [1.807, 2.05) is 6.92 Å². The van der Waals surface area contributed by atoms with Crippen LogP contribution in [0.25, 0.3) is 0 Å². The number of nitrogens with one attached hydrogen (secondary N) is 2. The third-order valence-electron chi connectivity index (χ3n) is 3.57. The molecule has 1 aliphatic heterocycles. The van der Waals surface area contributed by atoms with Crippen molar-refractivity contribution in [2.75, 3.05) is 39.4 Å². The first kappa shape index (κ1) is 19.7. The Bertz CT molecular complexity index is 621. The highest BCUT2D eigenvalue weighted by Gasteiger charge is 2.11. The van der Waals surface area contributed by atoms with Crippen LogP contribution < -0.4 is 10.7 Å². The molecule has 0 radical (unpaired) electrons. The second kappa shape index (κ2) is 9.75. The van der Waals surface area contributed by atoms with Crippen molar-refractivity contribution in [3.8, 4) is 0 Å². The summed E-state index contributed by atoms with van der Waals surface area (Å²) in [6, 6.07) is 3.45. The maximum absolute atomic E-state index is 6.19. The molecule has 0 bridgehead atoms. The zero-order valence-corrected chi connectivity index (χ0v) is 16.3. The molecule has 2 rings (SSSR count). The van der Waals surface area contributed by atoms with Crippen LogP contribution in [0.4, 0.5) is 0 Å². The third kappa shape index (κ3) is 5.72. The smallest absolute Gasteiger partial charge is 0.187 e. The van der Waals surface area contributed by atoms with E-state index < -0.39 is 0 Å². The van der Waals surface area contributed by atoms with Gasteiger partial charge >= 0.3 is 0 Å². The molecular formula is C15H19Cl3N4OS. The van der Waals surface area contributed by atoms with Crippen LogP contribution in [0.2, 0.25) is 15.1 Å². The van der Waals surface area contributed by atoms with Crippen LogP contribution in [0.5, 0.6) is 0 Å². The molecule has 9 heteroatoms. The molecule has 24 heavy (non-hydrogen) atoms. The lowest BCUT2D eigenvalue weighted by Gasteiger charge is -2.26. The normalized spacial score (nSPS) is 16.1. The lowest BCUT2D eigenvalue weighted by Crippen LogP contribution is -2.42. The summed E-state index contributed by atoms with van der Waals surface area (Å²) in [6.45, 7) is 6.95. The Balaban J connectivity index is 1.81. The fourth-order valence-corrected chi connectivity index (χ4v) is 3.01. The Morgan fingerprint density at radius 2 is 1.96 bits per heavy atom. The molecule has 0 unspecified atom stereocenters. The van der Waals surface area contributed by atoms with Crippen molar-refractivity contribution in [1.29, 1.82) is 0 Å². The monoisotopic (exact) mass is 408 g/mol. The fraction of sp³-hybridized carbons (Fsp3) is 0.467. The summed E-state index contributed by atoms with van der Waals surface area (Å²) >= 11 is 23.4.